The zero-order valence-electron chi connectivity index (χ0n) is 19.4. The summed E-state index contributed by atoms with van der Waals surface area (Å²) >= 11 is 0. The van der Waals surface area contributed by atoms with Crippen LogP contribution in [0.25, 0.3) is 0 Å². The van der Waals surface area contributed by atoms with Crippen molar-refractivity contribution in [1.29, 1.82) is 0 Å². The molecule has 0 radical (unpaired) electrons. The van der Waals surface area contributed by atoms with E-state index in [1.54, 1.807) is 70.7 Å². The Labute approximate surface area is 202 Å². The van der Waals surface area contributed by atoms with Crippen LogP contribution in [0.2, 0.25) is 0 Å². The molecular weight excluding hydrogens is 448 g/mol. The molecule has 178 valence electrons. The Morgan fingerprint density at radius 3 is 2.60 bits per heavy atom. The number of rotatable bonds is 7. The smallest absolute Gasteiger partial charge is 0.264 e. The van der Waals surface area contributed by atoms with Gasteiger partial charge in [0.1, 0.15) is 6.17 Å². The highest BCUT2D eigenvalue weighted by molar-refractivity contribution is 6.18. The van der Waals surface area contributed by atoms with Gasteiger partial charge in [-0.25, -0.2) is 0 Å². The second-order valence-corrected chi connectivity index (χ2v) is 8.22. The fourth-order valence-corrected chi connectivity index (χ4v) is 4.72. The molecule has 3 aromatic rings. The van der Waals surface area contributed by atoms with E-state index >= 15 is 0 Å². The maximum absolute atomic E-state index is 13.7. The summed E-state index contributed by atoms with van der Waals surface area (Å²) in [5.74, 6) is 0.154. The van der Waals surface area contributed by atoms with Gasteiger partial charge < -0.3 is 19.7 Å². The van der Waals surface area contributed by atoms with E-state index in [2.05, 4.69) is 10.3 Å². The van der Waals surface area contributed by atoms with Crippen molar-refractivity contribution >= 4 is 29.1 Å². The zero-order valence-corrected chi connectivity index (χ0v) is 19.4. The van der Waals surface area contributed by atoms with Gasteiger partial charge in [0.25, 0.3) is 11.8 Å². The highest BCUT2D eigenvalue weighted by Crippen LogP contribution is 2.49. The predicted octanol–water partition coefficient (Wildman–Crippen LogP) is 3.63. The Balaban J connectivity index is 1.45. The molecule has 1 atom stereocenters. The van der Waals surface area contributed by atoms with Gasteiger partial charge in [-0.15, -0.1) is 0 Å². The monoisotopic (exact) mass is 472 g/mol. The maximum atomic E-state index is 13.7. The number of fused-ring (bicyclic) bond motifs is 5. The van der Waals surface area contributed by atoms with Crippen molar-refractivity contribution in [3.05, 3.63) is 77.6 Å². The highest BCUT2D eigenvalue weighted by Gasteiger charge is 2.49. The van der Waals surface area contributed by atoms with Crippen molar-refractivity contribution in [3.8, 4) is 11.5 Å². The number of pyridine rings is 1. The normalized spacial score (nSPS) is 15.9. The van der Waals surface area contributed by atoms with E-state index in [0.29, 0.717) is 46.0 Å². The lowest BCUT2D eigenvalue weighted by atomic mass is 10.0. The maximum Gasteiger partial charge on any atom is 0.264 e. The molecule has 1 unspecified atom stereocenters. The van der Waals surface area contributed by atoms with Gasteiger partial charge >= 0.3 is 0 Å². The van der Waals surface area contributed by atoms with E-state index in [1.807, 2.05) is 0 Å². The van der Waals surface area contributed by atoms with Crippen LogP contribution in [-0.2, 0) is 4.79 Å². The molecule has 35 heavy (non-hydrogen) atoms. The minimum Gasteiger partial charge on any atom is -0.493 e. The average Bonchev–Trinajstić information content (AvgIpc) is 3.18. The summed E-state index contributed by atoms with van der Waals surface area (Å²) in [6.45, 7) is 0.288. The number of benzene rings is 2. The third-order valence-electron chi connectivity index (χ3n) is 6.23. The van der Waals surface area contributed by atoms with Crippen molar-refractivity contribution in [2.45, 2.75) is 19.0 Å². The van der Waals surface area contributed by atoms with E-state index < -0.39 is 6.17 Å². The molecule has 3 amide bonds. The van der Waals surface area contributed by atoms with Crippen LogP contribution in [0.15, 0.2) is 60.9 Å². The van der Waals surface area contributed by atoms with Crippen LogP contribution >= 0.6 is 0 Å². The molecule has 9 heteroatoms. The molecule has 0 spiro atoms. The SMILES string of the molecule is COc1ccc2c(c1OC)C(=O)N1c3ccccc3C(=O)N(CCCC(=O)Nc3cccnc3)C21. The minimum atomic E-state index is -0.638. The van der Waals surface area contributed by atoms with Gasteiger partial charge in [-0.05, 0) is 36.8 Å². The van der Waals surface area contributed by atoms with E-state index in [1.165, 1.54) is 14.2 Å². The number of ether oxygens (including phenoxy) is 2. The minimum absolute atomic E-state index is 0.172. The van der Waals surface area contributed by atoms with Crippen molar-refractivity contribution in [1.82, 2.24) is 9.88 Å². The van der Waals surface area contributed by atoms with Gasteiger partial charge in [-0.3, -0.25) is 24.3 Å². The van der Waals surface area contributed by atoms with Crippen LogP contribution < -0.4 is 19.7 Å². The van der Waals surface area contributed by atoms with Gasteiger partial charge in [0, 0.05) is 24.7 Å². The number of anilines is 2. The molecular formula is C26H24N4O5. The third kappa shape index (κ3) is 3.74. The number of methoxy groups -OCH3 is 2. The van der Waals surface area contributed by atoms with Crippen molar-refractivity contribution in [3.63, 3.8) is 0 Å². The van der Waals surface area contributed by atoms with E-state index in [4.69, 9.17) is 9.47 Å². The molecule has 9 nitrogen and oxygen atoms in total. The summed E-state index contributed by atoms with van der Waals surface area (Å²) in [6, 6.07) is 14.1. The molecule has 2 aromatic carbocycles. The fourth-order valence-electron chi connectivity index (χ4n) is 4.72. The lowest BCUT2D eigenvalue weighted by molar-refractivity contribution is -0.116. The molecule has 0 fully saturated rings. The summed E-state index contributed by atoms with van der Waals surface area (Å²) in [7, 11) is 3.00. The number of para-hydroxylation sites is 1. The lowest BCUT2D eigenvalue weighted by Crippen LogP contribution is -2.48. The Hall–Kier alpha value is -4.40. The van der Waals surface area contributed by atoms with E-state index in [-0.39, 0.29) is 30.7 Å². The summed E-state index contributed by atoms with van der Waals surface area (Å²) in [5.41, 5.74) is 2.64. The molecule has 3 heterocycles. The van der Waals surface area contributed by atoms with Crippen LogP contribution in [0.4, 0.5) is 11.4 Å². The standard InChI is InChI=1S/C26H24N4O5/c1-34-20-12-11-18-22(23(20)35-2)26(33)30-19-9-4-3-8-17(19)25(32)29(24(18)30)14-6-10-21(31)28-16-7-5-13-27-15-16/h3-5,7-9,11-13,15,24H,6,10,14H2,1-2H3,(H,28,31). The molecule has 2 aliphatic rings. The van der Waals surface area contributed by atoms with Gasteiger partial charge in [0.2, 0.25) is 5.91 Å². The van der Waals surface area contributed by atoms with Crippen LogP contribution in [0.5, 0.6) is 11.5 Å². The Bertz CT molecular complexity index is 1310. The number of nitrogens with one attached hydrogen (secondary N) is 1. The Morgan fingerprint density at radius 1 is 1.03 bits per heavy atom. The Morgan fingerprint density at radius 2 is 1.86 bits per heavy atom. The van der Waals surface area contributed by atoms with Crippen LogP contribution in [0.3, 0.4) is 0 Å². The Kier molecular flexibility index (Phi) is 5.82. The summed E-state index contributed by atoms with van der Waals surface area (Å²) in [5, 5.41) is 2.80. The first-order valence-corrected chi connectivity index (χ1v) is 11.2. The number of hydrogen-bond acceptors (Lipinski definition) is 6. The molecule has 1 N–H and O–H groups in total. The molecule has 0 saturated carbocycles. The molecule has 0 aliphatic carbocycles. The number of hydrogen-bond donors (Lipinski definition) is 1. The molecule has 2 aliphatic heterocycles. The first kappa shape index (κ1) is 22.4. The van der Waals surface area contributed by atoms with Gasteiger partial charge in [0.05, 0.1) is 42.9 Å². The van der Waals surface area contributed by atoms with E-state index in [9.17, 15) is 14.4 Å². The van der Waals surface area contributed by atoms with Crippen LogP contribution in [0.1, 0.15) is 45.3 Å². The quantitative estimate of drug-likeness (QED) is 0.564. The largest absolute Gasteiger partial charge is 0.493 e. The highest BCUT2D eigenvalue weighted by atomic mass is 16.5. The molecule has 0 bridgehead atoms. The average molecular weight is 473 g/mol. The summed E-state index contributed by atoms with van der Waals surface area (Å²) in [4.78, 5) is 46.9. The second kappa shape index (κ2) is 9.09. The third-order valence-corrected chi connectivity index (χ3v) is 6.23. The fraction of sp³-hybridized carbons (Fsp3) is 0.231. The topological polar surface area (TPSA) is 101 Å². The predicted molar refractivity (Wildman–Crippen MR) is 129 cm³/mol. The number of carbonyl (C=O) groups excluding carboxylic acids is 3. The van der Waals surface area contributed by atoms with Gasteiger partial charge in [-0.1, -0.05) is 18.2 Å². The van der Waals surface area contributed by atoms with Crippen LogP contribution in [-0.4, -0.2) is 48.4 Å². The number of nitrogens with zero attached hydrogens (tertiary/aromatic N) is 3. The number of aromatic nitrogens is 1. The van der Waals surface area contributed by atoms with Crippen molar-refractivity contribution in [2.24, 2.45) is 0 Å². The first-order valence-electron chi connectivity index (χ1n) is 11.2. The first-order chi connectivity index (χ1) is 17.0. The summed E-state index contributed by atoms with van der Waals surface area (Å²) in [6.07, 6.45) is 3.19. The van der Waals surface area contributed by atoms with E-state index in [0.717, 1.165) is 0 Å². The van der Waals surface area contributed by atoms with Gasteiger partial charge in [0.15, 0.2) is 11.5 Å². The summed E-state index contributed by atoms with van der Waals surface area (Å²) < 4.78 is 10.9. The molecule has 5 rings (SSSR count). The van der Waals surface area contributed by atoms with Gasteiger partial charge in [-0.2, -0.15) is 0 Å². The number of carbonyl (C=O) groups is 3. The lowest BCUT2D eigenvalue weighted by Gasteiger charge is -2.41. The van der Waals surface area contributed by atoms with Crippen LogP contribution in [0, 0.1) is 0 Å². The molecule has 1 aromatic heterocycles. The van der Waals surface area contributed by atoms with Crippen molar-refractivity contribution in [2.75, 3.05) is 31.0 Å². The molecule has 0 saturated heterocycles. The zero-order chi connectivity index (χ0) is 24.5. The number of amides is 3. The second-order valence-electron chi connectivity index (χ2n) is 8.22. The van der Waals surface area contributed by atoms with Crippen molar-refractivity contribution < 1.29 is 23.9 Å².